The van der Waals surface area contributed by atoms with E-state index in [9.17, 15) is 4.79 Å². The third-order valence-electron chi connectivity index (χ3n) is 2.71. The SMILES string of the molecule is C/C=C1\COC(OC)C2=C1CCOC2=O. The van der Waals surface area contributed by atoms with Gasteiger partial charge in [0.2, 0.25) is 0 Å². The summed E-state index contributed by atoms with van der Waals surface area (Å²) in [5.41, 5.74) is 2.63. The molecule has 0 amide bonds. The Kier molecular flexibility index (Phi) is 2.88. The molecule has 82 valence electrons. The van der Waals surface area contributed by atoms with Crippen LogP contribution in [0.1, 0.15) is 13.3 Å². The number of ether oxygens (including phenoxy) is 3. The Labute approximate surface area is 88.5 Å². The predicted octanol–water partition coefficient (Wildman–Crippen LogP) is 1.18. The number of hydrogen-bond donors (Lipinski definition) is 0. The summed E-state index contributed by atoms with van der Waals surface area (Å²) in [5, 5.41) is 0. The van der Waals surface area contributed by atoms with E-state index >= 15 is 0 Å². The summed E-state index contributed by atoms with van der Waals surface area (Å²) in [7, 11) is 1.53. The van der Waals surface area contributed by atoms with Crippen molar-refractivity contribution in [2.75, 3.05) is 20.3 Å². The molecule has 0 aromatic carbocycles. The average molecular weight is 210 g/mol. The highest BCUT2D eigenvalue weighted by molar-refractivity contribution is 5.92. The lowest BCUT2D eigenvalue weighted by atomic mass is 9.93. The molecule has 4 nitrogen and oxygen atoms in total. The average Bonchev–Trinajstić information content (AvgIpc) is 2.28. The van der Waals surface area contributed by atoms with E-state index in [1.54, 1.807) is 0 Å². The molecular formula is C11H14O4. The van der Waals surface area contributed by atoms with Crippen molar-refractivity contribution < 1.29 is 19.0 Å². The van der Waals surface area contributed by atoms with Crippen molar-refractivity contribution in [1.29, 1.82) is 0 Å². The molecule has 0 saturated heterocycles. The second kappa shape index (κ2) is 4.16. The number of rotatable bonds is 1. The summed E-state index contributed by atoms with van der Waals surface area (Å²) in [5.74, 6) is -0.317. The largest absolute Gasteiger partial charge is 0.462 e. The molecule has 0 radical (unpaired) electrons. The van der Waals surface area contributed by atoms with E-state index in [0.717, 1.165) is 17.6 Å². The standard InChI is InChI=1S/C11H14O4/c1-3-7-6-15-11(13-2)9-8(7)4-5-14-10(9)12/h3,11H,4-6H2,1-2H3/b7-3+. The Morgan fingerprint density at radius 3 is 3.00 bits per heavy atom. The first-order chi connectivity index (χ1) is 7.27. The van der Waals surface area contributed by atoms with E-state index < -0.39 is 6.29 Å². The molecule has 4 heteroatoms. The van der Waals surface area contributed by atoms with E-state index in [-0.39, 0.29) is 5.97 Å². The minimum absolute atomic E-state index is 0.317. The van der Waals surface area contributed by atoms with Crippen molar-refractivity contribution in [2.24, 2.45) is 0 Å². The molecule has 0 aliphatic carbocycles. The van der Waals surface area contributed by atoms with Gasteiger partial charge in [0.05, 0.1) is 18.8 Å². The highest BCUT2D eigenvalue weighted by atomic mass is 16.7. The van der Waals surface area contributed by atoms with Crippen molar-refractivity contribution in [3.63, 3.8) is 0 Å². The van der Waals surface area contributed by atoms with Crippen molar-refractivity contribution in [1.82, 2.24) is 0 Å². The van der Waals surface area contributed by atoms with Gasteiger partial charge in [0, 0.05) is 13.5 Å². The molecule has 2 rings (SSSR count). The summed E-state index contributed by atoms with van der Waals surface area (Å²) < 4.78 is 15.5. The zero-order valence-corrected chi connectivity index (χ0v) is 8.91. The number of allylic oxidation sites excluding steroid dienone is 1. The lowest BCUT2D eigenvalue weighted by Gasteiger charge is -2.31. The van der Waals surface area contributed by atoms with Crippen molar-refractivity contribution in [3.05, 3.63) is 22.8 Å². The van der Waals surface area contributed by atoms with Gasteiger partial charge in [-0.1, -0.05) is 6.08 Å². The van der Waals surface area contributed by atoms with Gasteiger partial charge in [0.15, 0.2) is 6.29 Å². The molecule has 0 aromatic heterocycles. The lowest BCUT2D eigenvalue weighted by molar-refractivity contribution is -0.151. The fourth-order valence-electron chi connectivity index (χ4n) is 1.93. The van der Waals surface area contributed by atoms with Crippen LogP contribution in [0.5, 0.6) is 0 Å². The Balaban J connectivity index is 2.45. The van der Waals surface area contributed by atoms with Gasteiger partial charge in [-0.25, -0.2) is 4.79 Å². The monoisotopic (exact) mass is 210 g/mol. The number of hydrogen-bond acceptors (Lipinski definition) is 4. The van der Waals surface area contributed by atoms with Gasteiger partial charge in [-0.15, -0.1) is 0 Å². The maximum Gasteiger partial charge on any atom is 0.339 e. The fourth-order valence-corrected chi connectivity index (χ4v) is 1.93. The lowest BCUT2D eigenvalue weighted by Crippen LogP contribution is -2.34. The van der Waals surface area contributed by atoms with Gasteiger partial charge >= 0.3 is 5.97 Å². The van der Waals surface area contributed by atoms with Crippen LogP contribution < -0.4 is 0 Å². The van der Waals surface area contributed by atoms with E-state index in [4.69, 9.17) is 14.2 Å². The molecule has 0 saturated carbocycles. The second-order valence-corrected chi connectivity index (χ2v) is 3.47. The van der Waals surface area contributed by atoms with Crippen molar-refractivity contribution in [2.45, 2.75) is 19.6 Å². The normalized spacial score (nSPS) is 29.1. The van der Waals surface area contributed by atoms with Crippen LogP contribution in [0.3, 0.4) is 0 Å². The molecule has 15 heavy (non-hydrogen) atoms. The van der Waals surface area contributed by atoms with Gasteiger partial charge in [0.1, 0.15) is 0 Å². The van der Waals surface area contributed by atoms with Crippen LogP contribution in [-0.4, -0.2) is 32.6 Å². The third-order valence-corrected chi connectivity index (χ3v) is 2.71. The molecule has 2 heterocycles. The Morgan fingerprint density at radius 2 is 2.33 bits per heavy atom. The second-order valence-electron chi connectivity index (χ2n) is 3.47. The highest BCUT2D eigenvalue weighted by Gasteiger charge is 2.34. The van der Waals surface area contributed by atoms with Gasteiger partial charge in [-0.2, -0.15) is 0 Å². The first-order valence-corrected chi connectivity index (χ1v) is 4.98. The minimum Gasteiger partial charge on any atom is -0.462 e. The Hall–Kier alpha value is -1.13. The van der Waals surface area contributed by atoms with Crippen LogP contribution in [0.25, 0.3) is 0 Å². The zero-order chi connectivity index (χ0) is 10.8. The predicted molar refractivity (Wildman–Crippen MR) is 53.1 cm³/mol. The quantitative estimate of drug-likeness (QED) is 0.609. The molecule has 0 N–H and O–H groups in total. The molecule has 0 aromatic rings. The number of carbonyl (C=O) groups excluding carboxylic acids is 1. The van der Waals surface area contributed by atoms with Crippen molar-refractivity contribution in [3.8, 4) is 0 Å². The van der Waals surface area contributed by atoms with Crippen molar-refractivity contribution >= 4 is 5.97 Å². The minimum atomic E-state index is -0.573. The molecule has 1 atom stereocenters. The summed E-state index contributed by atoms with van der Waals surface area (Å²) >= 11 is 0. The highest BCUT2D eigenvalue weighted by Crippen LogP contribution is 2.32. The summed E-state index contributed by atoms with van der Waals surface area (Å²) in [6.45, 7) is 2.89. The van der Waals surface area contributed by atoms with Gasteiger partial charge in [-0.3, -0.25) is 0 Å². The van der Waals surface area contributed by atoms with Crippen LogP contribution >= 0.6 is 0 Å². The van der Waals surface area contributed by atoms with Crippen LogP contribution in [-0.2, 0) is 19.0 Å². The molecular weight excluding hydrogens is 196 g/mol. The molecule has 0 bridgehead atoms. The number of cyclic esters (lactones) is 1. The van der Waals surface area contributed by atoms with Crippen LogP contribution in [0, 0.1) is 0 Å². The van der Waals surface area contributed by atoms with E-state index in [0.29, 0.717) is 18.8 Å². The third kappa shape index (κ3) is 1.70. The van der Waals surface area contributed by atoms with Crippen LogP contribution in [0.15, 0.2) is 22.8 Å². The van der Waals surface area contributed by atoms with E-state index in [1.165, 1.54) is 7.11 Å². The molecule has 2 aliphatic heterocycles. The number of carbonyl (C=O) groups is 1. The fraction of sp³-hybridized carbons (Fsp3) is 0.545. The number of esters is 1. The maximum atomic E-state index is 11.6. The van der Waals surface area contributed by atoms with Gasteiger partial charge in [-0.05, 0) is 18.1 Å². The summed E-state index contributed by atoms with van der Waals surface area (Å²) in [4.78, 5) is 11.6. The molecule has 0 fully saturated rings. The van der Waals surface area contributed by atoms with Crippen LogP contribution in [0.2, 0.25) is 0 Å². The van der Waals surface area contributed by atoms with Crippen LogP contribution in [0.4, 0.5) is 0 Å². The van der Waals surface area contributed by atoms with E-state index in [1.807, 2.05) is 13.0 Å². The Bertz CT molecular complexity index is 340. The number of methoxy groups -OCH3 is 1. The molecule has 2 aliphatic rings. The van der Waals surface area contributed by atoms with Gasteiger partial charge < -0.3 is 14.2 Å². The first kappa shape index (κ1) is 10.4. The molecule has 0 spiro atoms. The Morgan fingerprint density at radius 1 is 1.53 bits per heavy atom. The first-order valence-electron chi connectivity index (χ1n) is 4.98. The summed E-state index contributed by atoms with van der Waals surface area (Å²) in [6, 6.07) is 0. The molecule has 1 unspecified atom stereocenters. The zero-order valence-electron chi connectivity index (χ0n) is 8.91. The maximum absolute atomic E-state index is 11.6. The topological polar surface area (TPSA) is 44.8 Å². The summed E-state index contributed by atoms with van der Waals surface area (Å²) in [6.07, 6.45) is 2.15. The van der Waals surface area contributed by atoms with Gasteiger partial charge in [0.25, 0.3) is 0 Å². The van der Waals surface area contributed by atoms with E-state index in [2.05, 4.69) is 0 Å². The smallest absolute Gasteiger partial charge is 0.339 e.